The summed E-state index contributed by atoms with van der Waals surface area (Å²) in [6.45, 7) is 3.05. The fourth-order valence-corrected chi connectivity index (χ4v) is 2.14. The summed E-state index contributed by atoms with van der Waals surface area (Å²) in [5.41, 5.74) is 1.55. The highest BCUT2D eigenvalue weighted by molar-refractivity contribution is 6.30. The maximum Gasteiger partial charge on any atom is 0.251 e. The van der Waals surface area contributed by atoms with Crippen molar-refractivity contribution in [3.8, 4) is 11.5 Å². The van der Waals surface area contributed by atoms with Crippen molar-refractivity contribution in [1.29, 1.82) is 0 Å². The van der Waals surface area contributed by atoms with E-state index in [9.17, 15) is 4.79 Å². The molecular weight excluding hydrogens is 314 g/mol. The summed E-state index contributed by atoms with van der Waals surface area (Å²) in [5.74, 6) is 1.01. The molecule has 122 valence electrons. The maximum absolute atomic E-state index is 12.0. The lowest BCUT2D eigenvalue weighted by Crippen LogP contribution is -2.23. The third-order valence-electron chi connectivity index (χ3n) is 3.27. The zero-order chi connectivity index (χ0) is 16.7. The minimum absolute atomic E-state index is 0.116. The second-order valence-electron chi connectivity index (χ2n) is 5.04. The van der Waals surface area contributed by atoms with E-state index < -0.39 is 0 Å². The van der Waals surface area contributed by atoms with E-state index in [0.717, 1.165) is 12.0 Å². The molecule has 0 saturated carbocycles. The predicted molar refractivity (Wildman–Crippen MR) is 91.4 cm³/mol. The van der Waals surface area contributed by atoms with Gasteiger partial charge in [0.1, 0.15) is 6.61 Å². The number of halogens is 1. The number of methoxy groups -OCH3 is 1. The predicted octanol–water partition coefficient (Wildman–Crippen LogP) is 4.07. The molecule has 0 aliphatic rings. The van der Waals surface area contributed by atoms with Gasteiger partial charge in [0.25, 0.3) is 5.91 Å². The lowest BCUT2D eigenvalue weighted by molar-refractivity contribution is 0.0953. The Balaban J connectivity index is 2.07. The number of hydrogen-bond acceptors (Lipinski definition) is 3. The van der Waals surface area contributed by atoms with E-state index in [4.69, 9.17) is 21.1 Å². The van der Waals surface area contributed by atoms with Gasteiger partial charge < -0.3 is 14.8 Å². The normalized spacial score (nSPS) is 10.2. The first-order valence-corrected chi connectivity index (χ1v) is 7.85. The smallest absolute Gasteiger partial charge is 0.251 e. The van der Waals surface area contributed by atoms with Crippen molar-refractivity contribution in [3.05, 3.63) is 58.6 Å². The second kappa shape index (κ2) is 8.44. The lowest BCUT2D eigenvalue weighted by atomic mass is 10.2. The summed E-state index contributed by atoms with van der Waals surface area (Å²) in [4.78, 5) is 12.0. The summed E-state index contributed by atoms with van der Waals surface area (Å²) in [5, 5.41) is 3.52. The van der Waals surface area contributed by atoms with Gasteiger partial charge in [-0.25, -0.2) is 0 Å². The Labute approximate surface area is 141 Å². The van der Waals surface area contributed by atoms with Crippen LogP contribution in [0, 0.1) is 0 Å². The first-order valence-electron chi connectivity index (χ1n) is 7.47. The highest BCUT2D eigenvalue weighted by Crippen LogP contribution is 2.29. The van der Waals surface area contributed by atoms with Crippen molar-refractivity contribution in [2.24, 2.45) is 0 Å². The van der Waals surface area contributed by atoms with Crippen molar-refractivity contribution in [2.75, 3.05) is 13.7 Å². The molecule has 0 saturated heterocycles. The Bertz CT molecular complexity index is 656. The Kier molecular flexibility index (Phi) is 6.29. The van der Waals surface area contributed by atoms with Crippen molar-refractivity contribution >= 4 is 17.5 Å². The summed E-state index contributed by atoms with van der Waals surface area (Å²) in [6, 6.07) is 12.6. The van der Waals surface area contributed by atoms with Crippen LogP contribution in [0.3, 0.4) is 0 Å². The molecule has 2 aromatic carbocycles. The van der Waals surface area contributed by atoms with Crippen LogP contribution in [0.25, 0.3) is 0 Å². The number of carbonyl (C=O) groups excluding carboxylic acids is 1. The van der Waals surface area contributed by atoms with Gasteiger partial charge in [0, 0.05) is 17.1 Å². The monoisotopic (exact) mass is 333 g/mol. The van der Waals surface area contributed by atoms with Crippen LogP contribution in [0.5, 0.6) is 11.5 Å². The number of hydrogen-bond donors (Lipinski definition) is 1. The van der Waals surface area contributed by atoms with Gasteiger partial charge in [0.2, 0.25) is 0 Å². The third-order valence-corrected chi connectivity index (χ3v) is 3.52. The molecule has 1 amide bonds. The standard InChI is InChI=1S/C18H20ClNO3/c1-3-10-20-18(21)14-6-9-16(17(11-14)22-2)23-12-13-4-7-15(19)8-5-13/h4-9,11H,3,10,12H2,1-2H3,(H,20,21). The zero-order valence-electron chi connectivity index (χ0n) is 13.3. The molecule has 0 heterocycles. The molecule has 2 rings (SSSR count). The summed E-state index contributed by atoms with van der Waals surface area (Å²) in [7, 11) is 1.55. The molecular formula is C18H20ClNO3. The zero-order valence-corrected chi connectivity index (χ0v) is 14.0. The molecule has 0 aliphatic carbocycles. The number of nitrogens with one attached hydrogen (secondary N) is 1. The van der Waals surface area contributed by atoms with Crippen LogP contribution in [0.15, 0.2) is 42.5 Å². The Morgan fingerprint density at radius 3 is 2.52 bits per heavy atom. The van der Waals surface area contributed by atoms with E-state index >= 15 is 0 Å². The SMILES string of the molecule is CCCNC(=O)c1ccc(OCc2ccc(Cl)cc2)c(OC)c1. The van der Waals surface area contributed by atoms with Gasteiger partial charge >= 0.3 is 0 Å². The molecule has 2 aromatic rings. The molecule has 0 bridgehead atoms. The van der Waals surface area contributed by atoms with E-state index in [1.807, 2.05) is 31.2 Å². The van der Waals surface area contributed by atoms with Gasteiger partial charge in [-0.3, -0.25) is 4.79 Å². The van der Waals surface area contributed by atoms with Crippen LogP contribution in [0.2, 0.25) is 5.02 Å². The molecule has 0 unspecified atom stereocenters. The van der Waals surface area contributed by atoms with E-state index in [-0.39, 0.29) is 5.91 Å². The molecule has 0 atom stereocenters. The van der Waals surface area contributed by atoms with Crippen molar-refractivity contribution in [2.45, 2.75) is 20.0 Å². The van der Waals surface area contributed by atoms with E-state index in [0.29, 0.717) is 35.2 Å². The average molecular weight is 334 g/mol. The molecule has 4 nitrogen and oxygen atoms in total. The highest BCUT2D eigenvalue weighted by Gasteiger charge is 2.11. The van der Waals surface area contributed by atoms with Crippen LogP contribution in [-0.4, -0.2) is 19.6 Å². The van der Waals surface area contributed by atoms with Crippen molar-refractivity contribution in [3.63, 3.8) is 0 Å². The number of carbonyl (C=O) groups is 1. The van der Waals surface area contributed by atoms with Crippen LogP contribution in [0.1, 0.15) is 29.3 Å². The second-order valence-corrected chi connectivity index (χ2v) is 5.47. The number of amides is 1. The topological polar surface area (TPSA) is 47.6 Å². The molecule has 5 heteroatoms. The van der Waals surface area contributed by atoms with Gasteiger partial charge in [-0.1, -0.05) is 30.7 Å². The minimum Gasteiger partial charge on any atom is -0.493 e. The molecule has 0 radical (unpaired) electrons. The van der Waals surface area contributed by atoms with E-state index in [1.165, 1.54) is 0 Å². The van der Waals surface area contributed by atoms with Crippen LogP contribution >= 0.6 is 11.6 Å². The quantitative estimate of drug-likeness (QED) is 0.831. The van der Waals surface area contributed by atoms with Crippen LogP contribution in [-0.2, 0) is 6.61 Å². The van der Waals surface area contributed by atoms with Gasteiger partial charge in [0.05, 0.1) is 7.11 Å². The van der Waals surface area contributed by atoms with Crippen LogP contribution in [0.4, 0.5) is 0 Å². The molecule has 0 aromatic heterocycles. The first kappa shape index (κ1) is 17.2. The number of rotatable bonds is 7. The van der Waals surface area contributed by atoms with Crippen molar-refractivity contribution < 1.29 is 14.3 Å². The van der Waals surface area contributed by atoms with Crippen LogP contribution < -0.4 is 14.8 Å². The fraction of sp³-hybridized carbons (Fsp3) is 0.278. The number of benzene rings is 2. The molecule has 23 heavy (non-hydrogen) atoms. The van der Waals surface area contributed by atoms with Gasteiger partial charge in [0.15, 0.2) is 11.5 Å². The Hall–Kier alpha value is -2.20. The Morgan fingerprint density at radius 2 is 1.87 bits per heavy atom. The summed E-state index contributed by atoms with van der Waals surface area (Å²) in [6.07, 6.45) is 0.894. The molecule has 1 N–H and O–H groups in total. The largest absolute Gasteiger partial charge is 0.493 e. The molecule has 0 aliphatic heterocycles. The number of ether oxygens (including phenoxy) is 2. The average Bonchev–Trinajstić information content (AvgIpc) is 2.59. The molecule has 0 spiro atoms. The summed E-state index contributed by atoms with van der Waals surface area (Å²) >= 11 is 5.86. The molecule has 0 fully saturated rings. The Morgan fingerprint density at radius 1 is 1.13 bits per heavy atom. The van der Waals surface area contributed by atoms with E-state index in [2.05, 4.69) is 5.32 Å². The maximum atomic E-state index is 12.0. The first-order chi connectivity index (χ1) is 11.1. The fourth-order valence-electron chi connectivity index (χ4n) is 2.01. The van der Waals surface area contributed by atoms with Gasteiger partial charge in [-0.2, -0.15) is 0 Å². The highest BCUT2D eigenvalue weighted by atomic mass is 35.5. The summed E-state index contributed by atoms with van der Waals surface area (Å²) < 4.78 is 11.1. The van der Waals surface area contributed by atoms with E-state index in [1.54, 1.807) is 25.3 Å². The van der Waals surface area contributed by atoms with Gasteiger partial charge in [-0.15, -0.1) is 0 Å². The minimum atomic E-state index is -0.116. The van der Waals surface area contributed by atoms with Crippen molar-refractivity contribution in [1.82, 2.24) is 5.32 Å². The lowest BCUT2D eigenvalue weighted by Gasteiger charge is -2.12. The third kappa shape index (κ3) is 4.89. The van der Waals surface area contributed by atoms with Gasteiger partial charge in [-0.05, 0) is 42.3 Å².